The van der Waals surface area contributed by atoms with Crippen LogP contribution in [0.4, 0.5) is 0 Å². The molecule has 1 aliphatic carbocycles. The van der Waals surface area contributed by atoms with Crippen LogP contribution in [0.25, 0.3) is 0 Å². The third-order valence-corrected chi connectivity index (χ3v) is 2.50. The first-order valence-corrected chi connectivity index (χ1v) is 3.41. The molecule has 1 saturated carbocycles. The highest BCUT2D eigenvalue weighted by Gasteiger charge is 2.57. The molecule has 1 fully saturated rings. The minimum Gasteiger partial charge on any atom is -0.198 e. The van der Waals surface area contributed by atoms with Crippen LogP contribution in [0.2, 0.25) is 0 Å². The lowest BCUT2D eigenvalue weighted by molar-refractivity contribution is 0.557. The molecule has 2 heteroatoms. The van der Waals surface area contributed by atoms with E-state index in [-0.39, 0.29) is 11.3 Å². The third kappa shape index (κ3) is 0.772. The average molecular weight is 134 g/mol. The van der Waals surface area contributed by atoms with Gasteiger partial charge in [-0.25, -0.2) is 0 Å². The number of nitrogens with zero attached hydrogens (tertiary/aromatic N) is 2. The average Bonchev–Trinajstić information content (AvgIpc) is 2.36. The highest BCUT2D eigenvalue weighted by atomic mass is 14.6. The van der Waals surface area contributed by atoms with Crippen LogP contribution in [0.1, 0.15) is 20.3 Å². The van der Waals surface area contributed by atoms with Gasteiger partial charge in [-0.15, -0.1) is 0 Å². The van der Waals surface area contributed by atoms with E-state index in [1.54, 1.807) is 0 Å². The van der Waals surface area contributed by atoms with E-state index in [9.17, 15) is 0 Å². The maximum Gasteiger partial charge on any atom is 0.0665 e. The first-order chi connectivity index (χ1) is 4.64. The summed E-state index contributed by atoms with van der Waals surface area (Å²) in [6.45, 7) is 4.09. The van der Waals surface area contributed by atoms with Crippen molar-refractivity contribution in [2.45, 2.75) is 20.3 Å². The van der Waals surface area contributed by atoms with Crippen molar-refractivity contribution in [3.05, 3.63) is 0 Å². The Labute approximate surface area is 61.1 Å². The van der Waals surface area contributed by atoms with Gasteiger partial charge in [0.15, 0.2) is 0 Å². The van der Waals surface area contributed by atoms with Gasteiger partial charge in [0.1, 0.15) is 0 Å². The van der Waals surface area contributed by atoms with Gasteiger partial charge in [0.25, 0.3) is 0 Å². The van der Waals surface area contributed by atoms with Crippen LogP contribution in [0.3, 0.4) is 0 Å². The SMILES string of the molecule is CC1(C)[C@@H](C#N)[C@@H]1CC#N. The van der Waals surface area contributed by atoms with Crippen molar-refractivity contribution in [3.8, 4) is 12.1 Å². The molecule has 0 aromatic carbocycles. The quantitative estimate of drug-likeness (QED) is 0.548. The van der Waals surface area contributed by atoms with E-state index in [4.69, 9.17) is 10.5 Å². The summed E-state index contributed by atoms with van der Waals surface area (Å²) in [5, 5.41) is 16.9. The molecule has 1 rings (SSSR count). The molecule has 0 bridgehead atoms. The van der Waals surface area contributed by atoms with Gasteiger partial charge in [0, 0.05) is 6.42 Å². The van der Waals surface area contributed by atoms with Gasteiger partial charge < -0.3 is 0 Å². The van der Waals surface area contributed by atoms with E-state index >= 15 is 0 Å². The van der Waals surface area contributed by atoms with Gasteiger partial charge in [-0.1, -0.05) is 13.8 Å². The summed E-state index contributed by atoms with van der Waals surface area (Å²) >= 11 is 0. The van der Waals surface area contributed by atoms with Crippen molar-refractivity contribution in [2.24, 2.45) is 17.3 Å². The van der Waals surface area contributed by atoms with Gasteiger partial charge in [-0.3, -0.25) is 0 Å². The molecule has 2 atom stereocenters. The summed E-state index contributed by atoms with van der Waals surface area (Å²) in [5.74, 6) is 0.439. The molecule has 2 nitrogen and oxygen atoms in total. The van der Waals surface area contributed by atoms with Crippen molar-refractivity contribution in [3.63, 3.8) is 0 Å². The molecule has 10 heavy (non-hydrogen) atoms. The molecule has 0 spiro atoms. The second-order valence-electron chi connectivity index (χ2n) is 3.40. The molecule has 0 aliphatic heterocycles. The number of hydrogen-bond acceptors (Lipinski definition) is 2. The Kier molecular flexibility index (Phi) is 1.41. The fourth-order valence-corrected chi connectivity index (χ4v) is 1.48. The molecule has 0 heterocycles. The van der Waals surface area contributed by atoms with Crippen LogP contribution in [-0.2, 0) is 0 Å². The lowest BCUT2D eigenvalue weighted by Gasteiger charge is -1.94. The highest BCUT2D eigenvalue weighted by molar-refractivity contribution is 5.16. The summed E-state index contributed by atoms with van der Waals surface area (Å²) < 4.78 is 0. The van der Waals surface area contributed by atoms with Crippen LogP contribution in [0.15, 0.2) is 0 Å². The van der Waals surface area contributed by atoms with Crippen molar-refractivity contribution in [1.82, 2.24) is 0 Å². The van der Waals surface area contributed by atoms with Crippen molar-refractivity contribution in [2.75, 3.05) is 0 Å². The number of nitriles is 2. The van der Waals surface area contributed by atoms with Crippen LogP contribution in [0, 0.1) is 39.9 Å². The fourth-order valence-electron chi connectivity index (χ4n) is 1.48. The largest absolute Gasteiger partial charge is 0.198 e. The summed E-state index contributed by atoms with van der Waals surface area (Å²) in [6, 6.07) is 4.31. The van der Waals surface area contributed by atoms with Gasteiger partial charge in [-0.2, -0.15) is 10.5 Å². The molecule has 0 N–H and O–H groups in total. The maximum atomic E-state index is 8.58. The van der Waals surface area contributed by atoms with Gasteiger partial charge >= 0.3 is 0 Å². The Morgan fingerprint density at radius 2 is 2.00 bits per heavy atom. The lowest BCUT2D eigenvalue weighted by atomic mass is 10.1. The van der Waals surface area contributed by atoms with Gasteiger partial charge in [-0.05, 0) is 11.3 Å². The normalized spacial score (nSPS) is 34.0. The van der Waals surface area contributed by atoms with Crippen LogP contribution in [0.5, 0.6) is 0 Å². The lowest BCUT2D eigenvalue weighted by Crippen LogP contribution is -1.88. The molecule has 1 aliphatic rings. The molecule has 0 unspecified atom stereocenters. The number of hydrogen-bond donors (Lipinski definition) is 0. The summed E-state index contributed by atoms with van der Waals surface area (Å²) in [4.78, 5) is 0. The maximum absolute atomic E-state index is 8.58. The third-order valence-electron chi connectivity index (χ3n) is 2.50. The first kappa shape index (κ1) is 7.09. The standard InChI is InChI=1S/C8H10N2/c1-8(2)6(3-4-9)7(8)5-10/h6-7H,3H2,1-2H3/t6-,7-/m0/s1. The van der Waals surface area contributed by atoms with E-state index in [2.05, 4.69) is 12.1 Å². The monoisotopic (exact) mass is 134 g/mol. The van der Waals surface area contributed by atoms with Gasteiger partial charge in [0.2, 0.25) is 0 Å². The topological polar surface area (TPSA) is 47.6 Å². The Balaban J connectivity index is 2.57. The van der Waals surface area contributed by atoms with E-state index in [1.807, 2.05) is 13.8 Å². The van der Waals surface area contributed by atoms with E-state index < -0.39 is 0 Å². The highest BCUT2D eigenvalue weighted by Crippen LogP contribution is 2.59. The summed E-state index contributed by atoms with van der Waals surface area (Å²) in [5.41, 5.74) is 0.102. The van der Waals surface area contributed by atoms with E-state index in [0.29, 0.717) is 12.3 Å². The van der Waals surface area contributed by atoms with E-state index in [1.165, 1.54) is 0 Å². The van der Waals surface area contributed by atoms with Crippen molar-refractivity contribution >= 4 is 0 Å². The zero-order chi connectivity index (χ0) is 7.78. The molecular formula is C8H10N2. The number of rotatable bonds is 1. The second-order valence-corrected chi connectivity index (χ2v) is 3.40. The van der Waals surface area contributed by atoms with Gasteiger partial charge in [0.05, 0.1) is 18.1 Å². The van der Waals surface area contributed by atoms with Crippen molar-refractivity contribution in [1.29, 1.82) is 10.5 Å². The molecular weight excluding hydrogens is 124 g/mol. The van der Waals surface area contributed by atoms with Crippen LogP contribution in [-0.4, -0.2) is 0 Å². The second kappa shape index (κ2) is 1.99. The Bertz CT molecular complexity index is 216. The molecule has 0 radical (unpaired) electrons. The Morgan fingerprint density at radius 3 is 2.30 bits per heavy atom. The zero-order valence-electron chi connectivity index (χ0n) is 6.26. The minimum atomic E-state index is 0.102. The Morgan fingerprint density at radius 1 is 1.40 bits per heavy atom. The van der Waals surface area contributed by atoms with Crippen molar-refractivity contribution < 1.29 is 0 Å². The zero-order valence-corrected chi connectivity index (χ0v) is 6.26. The molecule has 0 saturated heterocycles. The van der Waals surface area contributed by atoms with E-state index in [0.717, 1.165) is 0 Å². The minimum absolute atomic E-state index is 0.102. The molecule has 0 aromatic rings. The molecule has 0 amide bonds. The predicted octanol–water partition coefficient (Wildman–Crippen LogP) is 1.70. The first-order valence-electron chi connectivity index (χ1n) is 3.41. The van der Waals surface area contributed by atoms with Crippen LogP contribution >= 0.6 is 0 Å². The Hall–Kier alpha value is -1.02. The smallest absolute Gasteiger partial charge is 0.0665 e. The van der Waals surface area contributed by atoms with Crippen LogP contribution < -0.4 is 0 Å². The summed E-state index contributed by atoms with van der Waals surface area (Å²) in [7, 11) is 0. The predicted molar refractivity (Wildman–Crippen MR) is 36.6 cm³/mol. The fraction of sp³-hybridized carbons (Fsp3) is 0.750. The molecule has 52 valence electrons. The molecule has 0 aromatic heterocycles. The summed E-state index contributed by atoms with van der Waals surface area (Å²) in [6.07, 6.45) is 0.533.